The second-order valence-corrected chi connectivity index (χ2v) is 5.84. The van der Waals surface area contributed by atoms with Crippen LogP contribution < -0.4 is 0 Å². The molecule has 14 heavy (non-hydrogen) atoms. The van der Waals surface area contributed by atoms with Crippen molar-refractivity contribution in [3.63, 3.8) is 0 Å². The molecule has 0 saturated carbocycles. The monoisotopic (exact) mass is 210 g/mol. The molecule has 1 fully saturated rings. The largest absolute Gasteiger partial charge is 0.372 e. The van der Waals surface area contributed by atoms with Gasteiger partial charge in [-0.2, -0.15) is 0 Å². The Bertz CT molecular complexity index is 478. The smallest absolute Gasteiger partial charge is 0.184 e. The Hall–Kier alpha value is -0.870. The fourth-order valence-corrected chi connectivity index (χ4v) is 4.38. The van der Waals surface area contributed by atoms with Crippen LogP contribution in [0.15, 0.2) is 29.2 Å². The molecule has 3 nitrogen and oxygen atoms in total. The van der Waals surface area contributed by atoms with Gasteiger partial charge in [0.2, 0.25) is 0 Å². The number of ether oxygens (including phenoxy) is 1. The fraction of sp³-hybridized carbons (Fsp3) is 0.400. The van der Waals surface area contributed by atoms with E-state index >= 15 is 0 Å². The number of hydrogen-bond acceptors (Lipinski definition) is 3. The molecule has 1 saturated heterocycles. The van der Waals surface area contributed by atoms with Gasteiger partial charge in [0.15, 0.2) is 9.84 Å². The third-order valence-electron chi connectivity index (χ3n) is 2.97. The summed E-state index contributed by atoms with van der Waals surface area (Å²) in [5.41, 5.74) is 0.843. The first kappa shape index (κ1) is 8.44. The van der Waals surface area contributed by atoms with E-state index in [0.717, 1.165) is 5.56 Å². The first-order valence-electron chi connectivity index (χ1n) is 4.66. The first-order valence-corrected chi connectivity index (χ1v) is 6.20. The van der Waals surface area contributed by atoms with Gasteiger partial charge < -0.3 is 4.74 Å². The Morgan fingerprint density at radius 3 is 2.93 bits per heavy atom. The average Bonchev–Trinajstić information content (AvgIpc) is 2.72. The van der Waals surface area contributed by atoms with Crippen LogP contribution in [0.1, 0.15) is 18.1 Å². The molecule has 4 heteroatoms. The minimum absolute atomic E-state index is 0.212. The normalized spacial score (nSPS) is 32.6. The van der Waals surface area contributed by atoms with Crippen molar-refractivity contribution < 1.29 is 13.2 Å². The standard InChI is InChI=1S/C10H10O3S/c11-14(12)8-4-2-1-3-7(8)10-9(14)5-6-13-10/h1-4,9-10H,5-6H2/t9-,10-/m1/s1. The lowest BCUT2D eigenvalue weighted by Gasteiger charge is -2.06. The molecule has 0 N–H and O–H groups in total. The van der Waals surface area contributed by atoms with E-state index in [0.29, 0.717) is 17.9 Å². The summed E-state index contributed by atoms with van der Waals surface area (Å²) in [5.74, 6) is 0. The highest BCUT2D eigenvalue weighted by Crippen LogP contribution is 2.45. The molecule has 3 rings (SSSR count). The van der Waals surface area contributed by atoms with E-state index in [9.17, 15) is 8.42 Å². The molecular formula is C10H10O3S. The van der Waals surface area contributed by atoms with E-state index in [2.05, 4.69) is 0 Å². The third kappa shape index (κ3) is 0.875. The highest BCUT2D eigenvalue weighted by Gasteiger charge is 2.48. The zero-order valence-electron chi connectivity index (χ0n) is 7.51. The van der Waals surface area contributed by atoms with Crippen LogP contribution in [0.5, 0.6) is 0 Å². The van der Waals surface area contributed by atoms with Crippen LogP contribution >= 0.6 is 0 Å². The zero-order chi connectivity index (χ0) is 9.76. The molecule has 2 aliphatic rings. The van der Waals surface area contributed by atoms with Gasteiger partial charge in [-0.3, -0.25) is 0 Å². The quantitative estimate of drug-likeness (QED) is 0.648. The Morgan fingerprint density at radius 2 is 2.07 bits per heavy atom. The summed E-state index contributed by atoms with van der Waals surface area (Å²) in [6, 6.07) is 7.14. The predicted octanol–water partition coefficient (Wildman–Crippen LogP) is 1.30. The van der Waals surface area contributed by atoms with Gasteiger partial charge in [0.25, 0.3) is 0 Å². The lowest BCUT2D eigenvalue weighted by molar-refractivity contribution is 0.114. The number of fused-ring (bicyclic) bond motifs is 3. The van der Waals surface area contributed by atoms with Crippen molar-refractivity contribution in [2.45, 2.75) is 22.7 Å². The van der Waals surface area contributed by atoms with Gasteiger partial charge >= 0.3 is 0 Å². The molecule has 0 unspecified atom stereocenters. The van der Waals surface area contributed by atoms with Crippen molar-refractivity contribution in [1.29, 1.82) is 0 Å². The lowest BCUT2D eigenvalue weighted by atomic mass is 10.1. The molecule has 0 amide bonds. The molecule has 1 aromatic rings. The van der Waals surface area contributed by atoms with E-state index < -0.39 is 9.84 Å². The van der Waals surface area contributed by atoms with Crippen LogP contribution in [0, 0.1) is 0 Å². The summed E-state index contributed by atoms with van der Waals surface area (Å²) in [6.45, 7) is 0.558. The topological polar surface area (TPSA) is 43.4 Å². The molecule has 1 aromatic carbocycles. The van der Waals surface area contributed by atoms with E-state index in [1.165, 1.54) is 0 Å². The van der Waals surface area contributed by atoms with Crippen LogP contribution in [0.4, 0.5) is 0 Å². The summed E-state index contributed by atoms with van der Waals surface area (Å²) < 4.78 is 29.4. The van der Waals surface area contributed by atoms with Crippen molar-refractivity contribution in [3.05, 3.63) is 29.8 Å². The van der Waals surface area contributed by atoms with E-state index in [4.69, 9.17) is 4.74 Å². The molecule has 0 aromatic heterocycles. The van der Waals surface area contributed by atoms with Crippen LogP contribution in [0.25, 0.3) is 0 Å². The Morgan fingerprint density at radius 1 is 1.29 bits per heavy atom. The van der Waals surface area contributed by atoms with Crippen molar-refractivity contribution in [2.24, 2.45) is 0 Å². The van der Waals surface area contributed by atoms with Gasteiger partial charge in [0, 0.05) is 12.2 Å². The molecule has 0 spiro atoms. The number of sulfone groups is 1. The number of benzene rings is 1. The van der Waals surface area contributed by atoms with Gasteiger partial charge in [0.05, 0.1) is 10.1 Å². The molecule has 0 aliphatic carbocycles. The van der Waals surface area contributed by atoms with Gasteiger partial charge in [0.1, 0.15) is 6.10 Å². The van der Waals surface area contributed by atoms with Crippen LogP contribution in [0.3, 0.4) is 0 Å². The van der Waals surface area contributed by atoms with Gasteiger partial charge in [-0.25, -0.2) is 8.42 Å². The first-order chi connectivity index (χ1) is 6.71. The summed E-state index contributed by atoms with van der Waals surface area (Å²) in [6.07, 6.45) is 0.415. The fourth-order valence-electron chi connectivity index (χ4n) is 2.32. The lowest BCUT2D eigenvalue weighted by Crippen LogP contribution is -2.15. The SMILES string of the molecule is O=S1(=O)c2ccccc2[C@H]2OCC[C@H]21. The summed E-state index contributed by atoms with van der Waals surface area (Å²) in [4.78, 5) is 0.467. The van der Waals surface area contributed by atoms with Crippen LogP contribution in [0.2, 0.25) is 0 Å². The Labute approximate surface area is 82.6 Å². The van der Waals surface area contributed by atoms with Crippen molar-refractivity contribution >= 4 is 9.84 Å². The van der Waals surface area contributed by atoms with Crippen LogP contribution in [-0.4, -0.2) is 20.3 Å². The highest BCUT2D eigenvalue weighted by atomic mass is 32.2. The van der Waals surface area contributed by atoms with Gasteiger partial charge in [-0.1, -0.05) is 18.2 Å². The van der Waals surface area contributed by atoms with E-state index in [1.807, 2.05) is 12.1 Å². The zero-order valence-corrected chi connectivity index (χ0v) is 8.33. The molecule has 0 bridgehead atoms. The van der Waals surface area contributed by atoms with E-state index in [1.54, 1.807) is 12.1 Å². The maximum absolute atomic E-state index is 12.0. The highest BCUT2D eigenvalue weighted by molar-refractivity contribution is 7.92. The second kappa shape index (κ2) is 2.58. The van der Waals surface area contributed by atoms with E-state index in [-0.39, 0.29) is 11.4 Å². The molecular weight excluding hydrogens is 200 g/mol. The minimum Gasteiger partial charge on any atom is -0.372 e. The second-order valence-electron chi connectivity index (χ2n) is 3.70. The third-order valence-corrected chi connectivity index (χ3v) is 5.23. The molecule has 2 atom stereocenters. The maximum atomic E-state index is 12.0. The van der Waals surface area contributed by atoms with Gasteiger partial charge in [-0.15, -0.1) is 0 Å². The number of hydrogen-bond donors (Lipinski definition) is 0. The Balaban J connectivity index is 2.30. The molecule has 2 aliphatic heterocycles. The summed E-state index contributed by atoms with van der Waals surface area (Å²) in [5, 5.41) is -0.333. The summed E-state index contributed by atoms with van der Waals surface area (Å²) >= 11 is 0. The molecule has 2 heterocycles. The molecule has 0 radical (unpaired) electrons. The van der Waals surface area contributed by atoms with Crippen molar-refractivity contribution in [2.75, 3.05) is 6.61 Å². The van der Waals surface area contributed by atoms with Crippen LogP contribution in [-0.2, 0) is 14.6 Å². The average molecular weight is 210 g/mol. The number of rotatable bonds is 0. The maximum Gasteiger partial charge on any atom is 0.184 e. The Kier molecular flexibility index (Phi) is 1.56. The van der Waals surface area contributed by atoms with Gasteiger partial charge in [-0.05, 0) is 12.5 Å². The molecule has 74 valence electrons. The summed E-state index contributed by atoms with van der Waals surface area (Å²) in [7, 11) is -3.11. The van der Waals surface area contributed by atoms with Crippen molar-refractivity contribution in [1.82, 2.24) is 0 Å². The predicted molar refractivity (Wildman–Crippen MR) is 50.7 cm³/mol. The minimum atomic E-state index is -3.11. The van der Waals surface area contributed by atoms with Crippen molar-refractivity contribution in [3.8, 4) is 0 Å².